The van der Waals surface area contributed by atoms with Crippen LogP contribution in [0.3, 0.4) is 0 Å². The number of ether oxygens (including phenoxy) is 3. The lowest BCUT2D eigenvalue weighted by Gasteiger charge is -2.26. The zero-order valence-corrected chi connectivity index (χ0v) is 15.8. The highest BCUT2D eigenvalue weighted by Gasteiger charge is 2.40. The molecule has 0 unspecified atom stereocenters. The Kier molecular flexibility index (Phi) is 5.85. The number of amides is 3. The minimum atomic E-state index is -0.530. The summed E-state index contributed by atoms with van der Waals surface area (Å²) in [5.41, 5.74) is 1.98. The molecule has 0 aliphatic carbocycles. The first kappa shape index (κ1) is 19.0. The lowest BCUT2D eigenvalue weighted by atomic mass is 9.96. The van der Waals surface area contributed by atoms with Gasteiger partial charge in [-0.2, -0.15) is 0 Å². The normalized spacial score (nSPS) is 18.9. The Hall–Kier alpha value is -2.74. The zero-order chi connectivity index (χ0) is 19.4. The third-order valence-corrected chi connectivity index (χ3v) is 4.68. The maximum absolute atomic E-state index is 13.0. The van der Waals surface area contributed by atoms with Crippen LogP contribution in [0.1, 0.15) is 24.9 Å². The Balaban J connectivity index is 1.83. The molecule has 0 aromatic heterocycles. The summed E-state index contributed by atoms with van der Waals surface area (Å²) in [6.07, 6.45) is 0.753. The molecule has 2 heterocycles. The predicted octanol–water partition coefficient (Wildman–Crippen LogP) is 1.58. The number of hydrogen-bond donors (Lipinski definition) is 2. The van der Waals surface area contributed by atoms with Crippen LogP contribution in [-0.2, 0) is 9.53 Å². The predicted molar refractivity (Wildman–Crippen MR) is 98.7 cm³/mol. The summed E-state index contributed by atoms with van der Waals surface area (Å²) in [7, 11) is 3.11. The minimum absolute atomic E-state index is 0.0752. The molecule has 0 radical (unpaired) electrons. The second-order valence-corrected chi connectivity index (χ2v) is 6.32. The van der Waals surface area contributed by atoms with E-state index in [1.165, 1.54) is 0 Å². The minimum Gasteiger partial charge on any atom is -0.493 e. The van der Waals surface area contributed by atoms with Crippen LogP contribution < -0.4 is 20.1 Å². The third-order valence-electron chi connectivity index (χ3n) is 4.68. The summed E-state index contributed by atoms with van der Waals surface area (Å²) in [4.78, 5) is 26.8. The van der Waals surface area contributed by atoms with Crippen molar-refractivity contribution in [3.63, 3.8) is 0 Å². The van der Waals surface area contributed by atoms with E-state index >= 15 is 0 Å². The number of nitrogens with one attached hydrogen (secondary N) is 2. The number of rotatable bonds is 8. The van der Waals surface area contributed by atoms with Crippen molar-refractivity contribution in [3.8, 4) is 11.5 Å². The molecule has 2 N–H and O–H groups in total. The van der Waals surface area contributed by atoms with Gasteiger partial charge in [-0.1, -0.05) is 6.07 Å². The molecular weight excluding hydrogens is 350 g/mol. The van der Waals surface area contributed by atoms with Gasteiger partial charge in [0.25, 0.3) is 5.91 Å². The van der Waals surface area contributed by atoms with Crippen LogP contribution in [0.2, 0.25) is 0 Å². The molecular formula is C19H25N3O5. The SMILES string of the molecule is CCOCCCN1CC2=C(C1=O)[C@@H](c1ccc(OC)c(OC)c1)NC(=O)N2. The largest absolute Gasteiger partial charge is 0.493 e. The van der Waals surface area contributed by atoms with Crippen molar-refractivity contribution in [2.24, 2.45) is 0 Å². The van der Waals surface area contributed by atoms with Crippen molar-refractivity contribution in [2.75, 3.05) is 40.5 Å². The van der Waals surface area contributed by atoms with E-state index in [0.717, 1.165) is 12.0 Å². The number of urea groups is 1. The molecule has 146 valence electrons. The Morgan fingerprint density at radius 2 is 1.96 bits per heavy atom. The van der Waals surface area contributed by atoms with Crippen LogP contribution in [0.4, 0.5) is 4.79 Å². The van der Waals surface area contributed by atoms with Crippen molar-refractivity contribution in [3.05, 3.63) is 35.0 Å². The van der Waals surface area contributed by atoms with Crippen molar-refractivity contribution in [1.29, 1.82) is 0 Å². The second-order valence-electron chi connectivity index (χ2n) is 6.32. The van der Waals surface area contributed by atoms with Gasteiger partial charge in [-0.3, -0.25) is 4.79 Å². The van der Waals surface area contributed by atoms with E-state index in [2.05, 4.69) is 10.6 Å². The van der Waals surface area contributed by atoms with Crippen molar-refractivity contribution in [2.45, 2.75) is 19.4 Å². The third kappa shape index (κ3) is 3.85. The van der Waals surface area contributed by atoms with Crippen molar-refractivity contribution >= 4 is 11.9 Å². The topological polar surface area (TPSA) is 89.1 Å². The zero-order valence-electron chi connectivity index (χ0n) is 15.8. The van der Waals surface area contributed by atoms with Crippen molar-refractivity contribution in [1.82, 2.24) is 15.5 Å². The smallest absolute Gasteiger partial charge is 0.319 e. The average Bonchev–Trinajstić information content (AvgIpc) is 2.99. The highest BCUT2D eigenvalue weighted by atomic mass is 16.5. The van der Waals surface area contributed by atoms with Gasteiger partial charge >= 0.3 is 6.03 Å². The first-order valence-corrected chi connectivity index (χ1v) is 8.98. The molecule has 1 atom stereocenters. The van der Waals surface area contributed by atoms with Crippen molar-refractivity contribution < 1.29 is 23.8 Å². The standard InChI is InChI=1S/C19H25N3O5/c1-4-27-9-5-8-22-11-13-16(18(22)23)17(21-19(24)20-13)12-6-7-14(25-2)15(10-12)26-3/h6-7,10,17H,4-5,8-9,11H2,1-3H3,(H2,20,21,24)/t17-/m1/s1. The molecule has 0 fully saturated rings. The maximum Gasteiger partial charge on any atom is 0.319 e. The molecule has 2 aliphatic rings. The molecule has 2 aliphatic heterocycles. The van der Waals surface area contributed by atoms with E-state index in [-0.39, 0.29) is 11.9 Å². The Labute approximate surface area is 158 Å². The van der Waals surface area contributed by atoms with Gasteiger partial charge in [0.05, 0.1) is 38.1 Å². The summed E-state index contributed by atoms with van der Waals surface area (Å²) in [6, 6.07) is 4.52. The molecule has 3 rings (SSSR count). The van der Waals surface area contributed by atoms with E-state index in [4.69, 9.17) is 14.2 Å². The Morgan fingerprint density at radius 1 is 1.19 bits per heavy atom. The van der Waals surface area contributed by atoms with Crippen LogP contribution in [-0.4, -0.2) is 57.4 Å². The Morgan fingerprint density at radius 3 is 2.67 bits per heavy atom. The molecule has 8 nitrogen and oxygen atoms in total. The molecule has 27 heavy (non-hydrogen) atoms. The first-order valence-electron chi connectivity index (χ1n) is 8.98. The summed E-state index contributed by atoms with van der Waals surface area (Å²) >= 11 is 0. The summed E-state index contributed by atoms with van der Waals surface area (Å²) in [6.45, 7) is 4.19. The van der Waals surface area contributed by atoms with Gasteiger partial charge in [0.2, 0.25) is 0 Å². The van der Waals surface area contributed by atoms with Gasteiger partial charge in [0.1, 0.15) is 0 Å². The van der Waals surface area contributed by atoms with Gasteiger partial charge in [0.15, 0.2) is 11.5 Å². The molecule has 0 saturated heterocycles. The van der Waals surface area contributed by atoms with Gasteiger partial charge in [-0.15, -0.1) is 0 Å². The average molecular weight is 375 g/mol. The molecule has 0 bridgehead atoms. The van der Waals surface area contributed by atoms with Gasteiger partial charge in [0, 0.05) is 19.8 Å². The van der Waals surface area contributed by atoms with Crippen LogP contribution in [0.5, 0.6) is 11.5 Å². The lowest BCUT2D eigenvalue weighted by molar-refractivity contribution is -0.126. The molecule has 0 saturated carbocycles. The van der Waals surface area contributed by atoms with E-state index in [1.807, 2.05) is 13.0 Å². The lowest BCUT2D eigenvalue weighted by Crippen LogP contribution is -2.44. The molecule has 1 aromatic rings. The number of nitrogens with zero attached hydrogens (tertiary/aromatic N) is 1. The summed E-state index contributed by atoms with van der Waals surface area (Å²) in [5, 5.41) is 5.61. The highest BCUT2D eigenvalue weighted by Crippen LogP contribution is 2.36. The number of benzene rings is 1. The fraction of sp³-hybridized carbons (Fsp3) is 0.474. The second kappa shape index (κ2) is 8.30. The van der Waals surface area contributed by atoms with E-state index in [0.29, 0.717) is 49.1 Å². The highest BCUT2D eigenvalue weighted by molar-refractivity contribution is 6.01. The fourth-order valence-electron chi connectivity index (χ4n) is 3.39. The number of hydrogen-bond acceptors (Lipinski definition) is 5. The van der Waals surface area contributed by atoms with Gasteiger partial charge < -0.3 is 29.7 Å². The van der Waals surface area contributed by atoms with Gasteiger partial charge in [-0.25, -0.2) is 4.79 Å². The molecule has 0 spiro atoms. The summed E-state index contributed by atoms with van der Waals surface area (Å²) < 4.78 is 16.0. The molecule has 8 heteroatoms. The van der Waals surface area contributed by atoms with Crippen LogP contribution >= 0.6 is 0 Å². The maximum atomic E-state index is 13.0. The van der Waals surface area contributed by atoms with Gasteiger partial charge in [-0.05, 0) is 31.0 Å². The monoisotopic (exact) mass is 375 g/mol. The number of carbonyl (C=O) groups excluding carboxylic acids is 2. The number of carbonyl (C=O) groups is 2. The molecule has 3 amide bonds. The fourth-order valence-corrected chi connectivity index (χ4v) is 3.39. The van der Waals surface area contributed by atoms with Crippen LogP contribution in [0, 0.1) is 0 Å². The van der Waals surface area contributed by atoms with E-state index in [9.17, 15) is 9.59 Å². The Bertz CT molecular complexity index is 762. The number of methoxy groups -OCH3 is 2. The van der Waals surface area contributed by atoms with E-state index < -0.39 is 6.04 Å². The first-order chi connectivity index (χ1) is 13.1. The van der Waals surface area contributed by atoms with E-state index in [1.54, 1.807) is 31.3 Å². The quantitative estimate of drug-likeness (QED) is 0.674. The van der Waals surface area contributed by atoms with Crippen LogP contribution in [0.15, 0.2) is 29.5 Å². The van der Waals surface area contributed by atoms with Crippen LogP contribution in [0.25, 0.3) is 0 Å². The summed E-state index contributed by atoms with van der Waals surface area (Å²) in [5.74, 6) is 1.06. The molecule has 1 aromatic carbocycles.